The summed E-state index contributed by atoms with van der Waals surface area (Å²) in [5.74, 6) is 0.749. The van der Waals surface area contributed by atoms with Crippen molar-refractivity contribution in [2.24, 2.45) is 0 Å². The maximum absolute atomic E-state index is 5.57. The summed E-state index contributed by atoms with van der Waals surface area (Å²) in [5.41, 5.74) is 1.16. The molecule has 88 valence electrons. The van der Waals surface area contributed by atoms with Crippen molar-refractivity contribution in [1.29, 1.82) is 0 Å². The molecule has 4 nitrogen and oxygen atoms in total. The van der Waals surface area contributed by atoms with Gasteiger partial charge in [0.15, 0.2) is 0 Å². The number of rotatable bonds is 4. The lowest BCUT2D eigenvalue weighted by Gasteiger charge is -2.05. The van der Waals surface area contributed by atoms with Crippen LogP contribution in [0.15, 0.2) is 36.7 Å². The minimum Gasteiger partial charge on any atom is -0.424 e. The molecule has 0 bridgehead atoms. The maximum atomic E-state index is 5.57. The molecule has 0 aliphatic heterocycles. The van der Waals surface area contributed by atoms with Crippen molar-refractivity contribution in [1.82, 2.24) is 15.3 Å². The zero-order chi connectivity index (χ0) is 12.1. The first kappa shape index (κ1) is 12.3. The molecular weight excluding hydrogens is 329 g/mol. The van der Waals surface area contributed by atoms with Gasteiger partial charge >= 0.3 is 6.01 Å². The summed E-state index contributed by atoms with van der Waals surface area (Å²) in [5, 5.41) is 3.09. The third-order valence-electron chi connectivity index (χ3n) is 2.09. The fraction of sp³-hybridized carbons (Fsp3) is 0.167. The zero-order valence-electron chi connectivity index (χ0n) is 9.35. The van der Waals surface area contributed by atoms with Gasteiger partial charge in [-0.05, 0) is 47.3 Å². The van der Waals surface area contributed by atoms with E-state index in [4.69, 9.17) is 4.74 Å². The van der Waals surface area contributed by atoms with Crippen LogP contribution >= 0.6 is 22.6 Å². The molecule has 0 radical (unpaired) electrons. The van der Waals surface area contributed by atoms with Crippen molar-refractivity contribution in [2.45, 2.75) is 6.54 Å². The summed E-state index contributed by atoms with van der Waals surface area (Å²) in [4.78, 5) is 8.19. The molecule has 0 saturated carbocycles. The fourth-order valence-corrected chi connectivity index (χ4v) is 1.66. The van der Waals surface area contributed by atoms with Crippen LogP contribution in [-0.2, 0) is 6.54 Å². The van der Waals surface area contributed by atoms with E-state index in [1.807, 2.05) is 31.3 Å². The van der Waals surface area contributed by atoms with E-state index >= 15 is 0 Å². The van der Waals surface area contributed by atoms with Gasteiger partial charge in [-0.15, -0.1) is 0 Å². The number of nitrogens with zero attached hydrogens (tertiary/aromatic N) is 2. The molecule has 5 heteroatoms. The third kappa shape index (κ3) is 3.64. The predicted octanol–water partition coefficient (Wildman–Crippen LogP) is 2.59. The second-order valence-corrected chi connectivity index (χ2v) is 4.71. The van der Waals surface area contributed by atoms with Crippen LogP contribution in [0.3, 0.4) is 0 Å². The van der Waals surface area contributed by atoms with Crippen LogP contribution in [0.1, 0.15) is 5.56 Å². The smallest absolute Gasteiger partial charge is 0.321 e. The number of halogens is 1. The van der Waals surface area contributed by atoms with Gasteiger partial charge in [-0.1, -0.05) is 12.1 Å². The van der Waals surface area contributed by atoms with E-state index in [0.29, 0.717) is 6.01 Å². The monoisotopic (exact) mass is 341 g/mol. The van der Waals surface area contributed by atoms with Gasteiger partial charge in [-0.2, -0.15) is 0 Å². The largest absolute Gasteiger partial charge is 0.424 e. The van der Waals surface area contributed by atoms with Crippen LogP contribution in [-0.4, -0.2) is 17.0 Å². The minimum absolute atomic E-state index is 0.368. The summed E-state index contributed by atoms with van der Waals surface area (Å²) in [6.07, 6.45) is 3.45. The van der Waals surface area contributed by atoms with Gasteiger partial charge < -0.3 is 10.1 Å². The van der Waals surface area contributed by atoms with Crippen LogP contribution in [0.5, 0.6) is 11.8 Å². The number of benzene rings is 1. The molecular formula is C12H12IN3O. The average molecular weight is 341 g/mol. The van der Waals surface area contributed by atoms with E-state index in [9.17, 15) is 0 Å². The third-order valence-corrected chi connectivity index (χ3v) is 2.64. The Balaban J connectivity index is 2.12. The summed E-state index contributed by atoms with van der Waals surface area (Å²) in [6.45, 7) is 0.810. The van der Waals surface area contributed by atoms with Crippen molar-refractivity contribution in [3.63, 3.8) is 0 Å². The number of hydrogen-bond acceptors (Lipinski definition) is 4. The van der Waals surface area contributed by atoms with E-state index < -0.39 is 0 Å². The second kappa shape index (κ2) is 5.92. The standard InChI is InChI=1S/C12H12IN3O/c1-14-6-9-3-2-4-11(5-9)17-12-15-7-10(13)8-16-12/h2-5,7-8,14H,6H2,1H3. The van der Waals surface area contributed by atoms with E-state index in [1.54, 1.807) is 12.4 Å². The molecule has 1 N–H and O–H groups in total. The van der Waals surface area contributed by atoms with E-state index in [0.717, 1.165) is 21.4 Å². The minimum atomic E-state index is 0.368. The maximum Gasteiger partial charge on any atom is 0.321 e. The Bertz CT molecular complexity index is 487. The second-order valence-electron chi connectivity index (χ2n) is 3.46. The molecule has 0 spiro atoms. The van der Waals surface area contributed by atoms with E-state index in [-0.39, 0.29) is 0 Å². The molecule has 0 aliphatic rings. The molecule has 0 unspecified atom stereocenters. The highest BCUT2D eigenvalue weighted by molar-refractivity contribution is 14.1. The quantitative estimate of drug-likeness (QED) is 0.869. The van der Waals surface area contributed by atoms with Crippen molar-refractivity contribution in [3.05, 3.63) is 45.8 Å². The fourth-order valence-electron chi connectivity index (χ4n) is 1.38. The van der Waals surface area contributed by atoms with Gasteiger partial charge in [0.1, 0.15) is 5.75 Å². The van der Waals surface area contributed by atoms with Crippen LogP contribution in [0.4, 0.5) is 0 Å². The van der Waals surface area contributed by atoms with Gasteiger partial charge in [0.05, 0.1) is 0 Å². The predicted molar refractivity (Wildman–Crippen MR) is 74.0 cm³/mol. The van der Waals surface area contributed by atoms with E-state index in [1.165, 1.54) is 0 Å². The Hall–Kier alpha value is -1.21. The Kier molecular flexibility index (Phi) is 4.27. The van der Waals surface area contributed by atoms with Crippen molar-refractivity contribution in [2.75, 3.05) is 7.05 Å². The first-order chi connectivity index (χ1) is 8.28. The lowest BCUT2D eigenvalue weighted by atomic mass is 10.2. The molecule has 1 aromatic heterocycles. The Morgan fingerprint density at radius 2 is 2.06 bits per heavy atom. The Labute approximate surface area is 114 Å². The molecule has 0 atom stereocenters. The number of nitrogens with one attached hydrogen (secondary N) is 1. The lowest BCUT2D eigenvalue weighted by molar-refractivity contribution is 0.440. The average Bonchev–Trinajstić information content (AvgIpc) is 2.33. The highest BCUT2D eigenvalue weighted by atomic mass is 127. The van der Waals surface area contributed by atoms with Gasteiger partial charge in [-0.25, -0.2) is 9.97 Å². The molecule has 1 aromatic carbocycles. The Morgan fingerprint density at radius 1 is 1.29 bits per heavy atom. The molecule has 1 heterocycles. The first-order valence-corrected chi connectivity index (χ1v) is 6.25. The van der Waals surface area contributed by atoms with Crippen LogP contribution in [0, 0.1) is 3.57 Å². The van der Waals surface area contributed by atoms with Gasteiger partial charge in [-0.3, -0.25) is 0 Å². The van der Waals surface area contributed by atoms with Crippen molar-refractivity contribution >= 4 is 22.6 Å². The molecule has 0 fully saturated rings. The Morgan fingerprint density at radius 3 is 2.76 bits per heavy atom. The zero-order valence-corrected chi connectivity index (χ0v) is 11.5. The number of aromatic nitrogens is 2. The number of hydrogen-bond donors (Lipinski definition) is 1. The first-order valence-electron chi connectivity index (χ1n) is 5.17. The van der Waals surface area contributed by atoms with Crippen LogP contribution in [0.25, 0.3) is 0 Å². The lowest BCUT2D eigenvalue weighted by Crippen LogP contribution is -2.04. The van der Waals surface area contributed by atoms with Gasteiger partial charge in [0.2, 0.25) is 0 Å². The summed E-state index contributed by atoms with van der Waals surface area (Å²) < 4.78 is 6.55. The number of ether oxygens (including phenoxy) is 1. The van der Waals surface area contributed by atoms with Crippen LogP contribution in [0.2, 0.25) is 0 Å². The molecule has 2 rings (SSSR count). The normalized spacial score (nSPS) is 10.2. The molecule has 17 heavy (non-hydrogen) atoms. The highest BCUT2D eigenvalue weighted by Gasteiger charge is 2.01. The SMILES string of the molecule is CNCc1cccc(Oc2ncc(I)cn2)c1. The molecule has 2 aromatic rings. The van der Waals surface area contributed by atoms with Gasteiger partial charge in [0, 0.05) is 22.5 Å². The van der Waals surface area contributed by atoms with Crippen LogP contribution < -0.4 is 10.1 Å². The molecule has 0 amide bonds. The highest BCUT2D eigenvalue weighted by Crippen LogP contribution is 2.18. The van der Waals surface area contributed by atoms with Crippen molar-refractivity contribution in [3.8, 4) is 11.8 Å². The summed E-state index contributed by atoms with van der Waals surface area (Å²) >= 11 is 2.15. The molecule has 0 saturated heterocycles. The van der Waals surface area contributed by atoms with Gasteiger partial charge in [0.25, 0.3) is 0 Å². The van der Waals surface area contributed by atoms with Crippen molar-refractivity contribution < 1.29 is 4.74 Å². The summed E-state index contributed by atoms with van der Waals surface area (Å²) in [6, 6.07) is 8.22. The molecule has 0 aliphatic carbocycles. The topological polar surface area (TPSA) is 47.0 Å². The van der Waals surface area contributed by atoms with E-state index in [2.05, 4.69) is 37.9 Å². The summed E-state index contributed by atoms with van der Waals surface area (Å²) in [7, 11) is 1.91.